The molecule has 0 amide bonds. The molecule has 0 radical (unpaired) electrons. The van der Waals surface area contributed by atoms with Gasteiger partial charge in [-0.2, -0.15) is 0 Å². The first kappa shape index (κ1) is 39.1. The van der Waals surface area contributed by atoms with Crippen LogP contribution in [0.1, 0.15) is 175 Å². The fraction of sp³-hybridized carbons (Fsp3) is 0.520. The second-order valence-electron chi connectivity index (χ2n) is 16.4. The van der Waals surface area contributed by atoms with Gasteiger partial charge in [0, 0.05) is 0 Å². The van der Waals surface area contributed by atoms with Crippen LogP contribution in [0.5, 0.6) is 11.5 Å². The number of hydrogen-bond donors (Lipinski definition) is 0. The van der Waals surface area contributed by atoms with E-state index in [2.05, 4.69) is 125 Å². The van der Waals surface area contributed by atoms with Crippen molar-refractivity contribution in [2.24, 2.45) is 11.8 Å². The van der Waals surface area contributed by atoms with Gasteiger partial charge in [0.05, 0.1) is 13.2 Å². The zero-order valence-corrected chi connectivity index (χ0v) is 33.2. The lowest BCUT2D eigenvalue weighted by Gasteiger charge is -2.29. The van der Waals surface area contributed by atoms with Crippen LogP contribution in [0.3, 0.4) is 0 Å². The summed E-state index contributed by atoms with van der Waals surface area (Å²) >= 11 is 0. The molecule has 0 heterocycles. The van der Waals surface area contributed by atoms with Gasteiger partial charge in [0.25, 0.3) is 0 Å². The molecule has 0 N–H and O–H groups in total. The molecule has 0 spiro atoms. The number of ether oxygens (including phenoxy) is 3. The van der Waals surface area contributed by atoms with Gasteiger partial charge in [0.1, 0.15) is 23.7 Å². The lowest BCUT2D eigenvalue weighted by molar-refractivity contribution is 0.0308. The van der Waals surface area contributed by atoms with E-state index < -0.39 is 0 Å². The van der Waals surface area contributed by atoms with Gasteiger partial charge in [-0.05, 0) is 120 Å². The van der Waals surface area contributed by atoms with E-state index in [0.717, 1.165) is 60.5 Å². The van der Waals surface area contributed by atoms with Gasteiger partial charge in [0.15, 0.2) is 0 Å². The summed E-state index contributed by atoms with van der Waals surface area (Å²) in [5, 5.41) is 0. The Morgan fingerprint density at radius 1 is 0.434 bits per heavy atom. The highest BCUT2D eigenvalue weighted by Gasteiger charge is 2.26. The maximum absolute atomic E-state index is 7.42. The Bertz CT molecular complexity index is 1470. The molecule has 0 bridgehead atoms. The largest absolute Gasteiger partial charge is 0.494 e. The van der Waals surface area contributed by atoms with E-state index in [1.165, 1.54) is 99.3 Å². The molecule has 2 fully saturated rings. The van der Waals surface area contributed by atoms with Crippen molar-refractivity contribution < 1.29 is 14.2 Å². The number of hydrogen-bond acceptors (Lipinski definition) is 3. The van der Waals surface area contributed by atoms with E-state index >= 15 is 0 Å². The van der Waals surface area contributed by atoms with Crippen molar-refractivity contribution in [3.05, 3.63) is 130 Å². The Morgan fingerprint density at radius 2 is 0.755 bits per heavy atom. The van der Waals surface area contributed by atoms with E-state index in [0.29, 0.717) is 11.8 Å². The number of rotatable bonds is 18. The molecule has 2 atom stereocenters. The molecule has 2 unspecified atom stereocenters. The second-order valence-corrected chi connectivity index (χ2v) is 16.4. The molecule has 0 saturated heterocycles. The molecule has 2 saturated carbocycles. The molecule has 3 nitrogen and oxygen atoms in total. The summed E-state index contributed by atoms with van der Waals surface area (Å²) < 4.78 is 19.7. The average molecular weight is 715 g/mol. The monoisotopic (exact) mass is 715 g/mol. The van der Waals surface area contributed by atoms with Crippen LogP contribution in [0.2, 0.25) is 0 Å². The molecule has 0 aliphatic heterocycles. The maximum Gasteiger partial charge on any atom is 0.119 e. The molecule has 53 heavy (non-hydrogen) atoms. The Hall–Kier alpha value is -3.56. The standard InChI is InChI=1S/C50H66O3/c1-5-7-9-35-51-47-31-27-45(28-32-47)49(43-23-19-41(20-24-43)39-15-11-37(3)12-16-39)53-50(46-29-33-48(34-30-46)52-36-10-8-6-2)44-25-21-42(22-26-44)40-17-13-38(4)14-18-40/h19-34,37-40,49-50H,5-18,35-36H2,1-4H3/t37-,38-,39-,40-,49?,50?. The van der Waals surface area contributed by atoms with Crippen molar-refractivity contribution in [1.29, 1.82) is 0 Å². The molecular formula is C50H66O3. The molecule has 2 aliphatic rings. The predicted octanol–water partition coefficient (Wildman–Crippen LogP) is 14.3. The molecule has 3 heteroatoms. The zero-order valence-electron chi connectivity index (χ0n) is 33.2. The maximum atomic E-state index is 7.42. The summed E-state index contributed by atoms with van der Waals surface area (Å²) in [4.78, 5) is 0. The van der Waals surface area contributed by atoms with Crippen molar-refractivity contribution in [1.82, 2.24) is 0 Å². The molecular weight excluding hydrogens is 649 g/mol. The smallest absolute Gasteiger partial charge is 0.119 e. The molecule has 284 valence electrons. The molecule has 4 aromatic rings. The number of unbranched alkanes of at least 4 members (excludes halogenated alkanes) is 4. The molecule has 2 aliphatic carbocycles. The quantitative estimate of drug-likeness (QED) is 0.0961. The second kappa shape index (κ2) is 20.2. The Kier molecular flexibility index (Phi) is 14.9. The summed E-state index contributed by atoms with van der Waals surface area (Å²) in [6, 6.07) is 36.1. The third-order valence-electron chi connectivity index (χ3n) is 12.1. The fourth-order valence-electron chi connectivity index (χ4n) is 8.47. The molecule has 4 aromatic carbocycles. The predicted molar refractivity (Wildman–Crippen MR) is 221 cm³/mol. The van der Waals surface area contributed by atoms with Crippen LogP contribution in [0.4, 0.5) is 0 Å². The summed E-state index contributed by atoms with van der Waals surface area (Å²) in [5.41, 5.74) is 7.58. The Labute approximate surface area is 321 Å². The summed E-state index contributed by atoms with van der Waals surface area (Å²) in [5.74, 6) is 4.85. The van der Waals surface area contributed by atoms with Crippen molar-refractivity contribution in [3.8, 4) is 11.5 Å². The van der Waals surface area contributed by atoms with Crippen LogP contribution in [0.25, 0.3) is 0 Å². The summed E-state index contributed by atoms with van der Waals surface area (Å²) in [6.45, 7) is 10.8. The summed E-state index contributed by atoms with van der Waals surface area (Å²) in [7, 11) is 0. The topological polar surface area (TPSA) is 27.7 Å². The van der Waals surface area contributed by atoms with E-state index in [-0.39, 0.29) is 12.2 Å². The van der Waals surface area contributed by atoms with E-state index in [9.17, 15) is 0 Å². The third kappa shape index (κ3) is 11.2. The first-order valence-corrected chi connectivity index (χ1v) is 21.3. The van der Waals surface area contributed by atoms with Gasteiger partial charge in [-0.3, -0.25) is 0 Å². The van der Waals surface area contributed by atoms with Crippen molar-refractivity contribution in [2.75, 3.05) is 13.2 Å². The van der Waals surface area contributed by atoms with Crippen LogP contribution in [-0.4, -0.2) is 13.2 Å². The molecule has 6 rings (SSSR count). The van der Waals surface area contributed by atoms with Crippen molar-refractivity contribution in [2.45, 2.75) is 142 Å². The lowest BCUT2D eigenvalue weighted by atomic mass is 9.79. The van der Waals surface area contributed by atoms with Crippen molar-refractivity contribution in [3.63, 3.8) is 0 Å². The first-order valence-electron chi connectivity index (χ1n) is 21.3. The van der Waals surface area contributed by atoms with Gasteiger partial charge < -0.3 is 14.2 Å². The van der Waals surface area contributed by atoms with E-state index in [4.69, 9.17) is 14.2 Å². The highest BCUT2D eigenvalue weighted by molar-refractivity contribution is 5.40. The van der Waals surface area contributed by atoms with Gasteiger partial charge in [-0.25, -0.2) is 0 Å². The van der Waals surface area contributed by atoms with Crippen LogP contribution < -0.4 is 9.47 Å². The number of benzene rings is 4. The van der Waals surface area contributed by atoms with Crippen LogP contribution in [0.15, 0.2) is 97.1 Å². The van der Waals surface area contributed by atoms with Crippen LogP contribution in [-0.2, 0) is 4.74 Å². The van der Waals surface area contributed by atoms with Gasteiger partial charge >= 0.3 is 0 Å². The van der Waals surface area contributed by atoms with Gasteiger partial charge in [0.2, 0.25) is 0 Å². The summed E-state index contributed by atoms with van der Waals surface area (Å²) in [6.07, 6.45) is 16.9. The van der Waals surface area contributed by atoms with Crippen LogP contribution in [0, 0.1) is 11.8 Å². The minimum absolute atomic E-state index is 0.251. The van der Waals surface area contributed by atoms with Crippen LogP contribution >= 0.6 is 0 Å². The first-order chi connectivity index (χ1) is 26.0. The van der Waals surface area contributed by atoms with Gasteiger partial charge in [-0.1, -0.05) is 152 Å². The highest BCUT2D eigenvalue weighted by atomic mass is 16.5. The lowest BCUT2D eigenvalue weighted by Crippen LogP contribution is -2.15. The van der Waals surface area contributed by atoms with Gasteiger partial charge in [-0.15, -0.1) is 0 Å². The average Bonchev–Trinajstić information content (AvgIpc) is 3.20. The normalized spacial score (nSPS) is 21.5. The SMILES string of the molecule is CCCCCOc1ccc(C(OC(c2ccc(OCCCCC)cc2)c2ccc([C@H]3CC[C@H](C)CC3)cc2)c2ccc([C@H]3CC[C@H](C)CC3)cc2)cc1. The fourth-order valence-corrected chi connectivity index (χ4v) is 8.47. The van der Waals surface area contributed by atoms with Crippen molar-refractivity contribution >= 4 is 0 Å². The minimum Gasteiger partial charge on any atom is -0.494 e. The minimum atomic E-state index is -0.251. The molecule has 0 aromatic heterocycles. The van der Waals surface area contributed by atoms with E-state index in [1.54, 1.807) is 0 Å². The zero-order chi connectivity index (χ0) is 36.8. The third-order valence-corrected chi connectivity index (χ3v) is 12.1. The van der Waals surface area contributed by atoms with E-state index in [1.807, 2.05) is 0 Å². The Morgan fingerprint density at radius 3 is 1.08 bits per heavy atom. The highest BCUT2D eigenvalue weighted by Crippen LogP contribution is 2.41. The Balaban J connectivity index is 1.30.